The number of nitrogens with zero attached hydrogens (tertiary/aromatic N) is 2. The van der Waals surface area contributed by atoms with E-state index in [1.807, 2.05) is 47.4 Å². The molecule has 1 heterocycles. The summed E-state index contributed by atoms with van der Waals surface area (Å²) in [5.74, 6) is 0.0829. The average molecular weight is 286 g/mol. The van der Waals surface area contributed by atoms with Crippen LogP contribution in [0.2, 0.25) is 0 Å². The van der Waals surface area contributed by atoms with Gasteiger partial charge in [-0.3, -0.25) is 4.79 Å². The Morgan fingerprint density at radius 1 is 1.24 bits per heavy atom. The summed E-state index contributed by atoms with van der Waals surface area (Å²) in [5.41, 5.74) is 7.50. The number of carbonyl (C=O) groups is 1. The van der Waals surface area contributed by atoms with Crippen molar-refractivity contribution in [3.05, 3.63) is 48.3 Å². The summed E-state index contributed by atoms with van der Waals surface area (Å²) < 4.78 is 1.83. The van der Waals surface area contributed by atoms with Gasteiger partial charge in [-0.15, -0.1) is 0 Å². The highest BCUT2D eigenvalue weighted by Crippen LogP contribution is 2.09. The van der Waals surface area contributed by atoms with E-state index >= 15 is 0 Å². The van der Waals surface area contributed by atoms with E-state index in [-0.39, 0.29) is 5.91 Å². The Labute approximate surface area is 125 Å². The van der Waals surface area contributed by atoms with Gasteiger partial charge in [-0.1, -0.05) is 18.2 Å². The molecular weight excluding hydrogens is 264 g/mol. The van der Waals surface area contributed by atoms with Crippen LogP contribution >= 0.6 is 0 Å². The fraction of sp³-hybridized carbons (Fsp3) is 0.375. The van der Waals surface area contributed by atoms with Crippen molar-refractivity contribution in [3.8, 4) is 5.69 Å². The molecule has 0 atom stereocenters. The van der Waals surface area contributed by atoms with Crippen LogP contribution in [-0.4, -0.2) is 28.8 Å². The van der Waals surface area contributed by atoms with Crippen molar-refractivity contribution in [1.82, 2.24) is 15.1 Å². The van der Waals surface area contributed by atoms with Crippen molar-refractivity contribution in [2.75, 3.05) is 13.1 Å². The maximum Gasteiger partial charge on any atom is 0.220 e. The number of aromatic nitrogens is 2. The zero-order chi connectivity index (χ0) is 14.9. The fourth-order valence-corrected chi connectivity index (χ4v) is 2.05. The van der Waals surface area contributed by atoms with Crippen molar-refractivity contribution in [1.29, 1.82) is 0 Å². The van der Waals surface area contributed by atoms with Crippen molar-refractivity contribution in [2.24, 2.45) is 5.73 Å². The molecule has 0 aliphatic carbocycles. The lowest BCUT2D eigenvalue weighted by atomic mass is 10.2. The molecule has 2 rings (SSSR count). The SMILES string of the molecule is NCCCCNC(=O)CCc1cnn(-c2ccccc2)c1. The first-order chi connectivity index (χ1) is 10.3. The van der Waals surface area contributed by atoms with Crippen LogP contribution in [0, 0.1) is 0 Å². The van der Waals surface area contributed by atoms with E-state index in [1.54, 1.807) is 0 Å². The molecule has 0 radical (unpaired) electrons. The molecule has 0 aliphatic rings. The zero-order valence-electron chi connectivity index (χ0n) is 12.2. The number of hydrogen-bond donors (Lipinski definition) is 2. The molecule has 1 amide bonds. The van der Waals surface area contributed by atoms with Gasteiger partial charge >= 0.3 is 0 Å². The van der Waals surface area contributed by atoms with Crippen LogP contribution < -0.4 is 11.1 Å². The maximum atomic E-state index is 11.7. The molecule has 0 bridgehead atoms. The van der Waals surface area contributed by atoms with Gasteiger partial charge in [0.25, 0.3) is 0 Å². The molecule has 0 unspecified atom stereocenters. The normalized spacial score (nSPS) is 10.5. The molecule has 0 saturated carbocycles. The molecule has 1 aromatic carbocycles. The monoisotopic (exact) mass is 286 g/mol. The predicted molar refractivity (Wildman–Crippen MR) is 83.2 cm³/mol. The van der Waals surface area contributed by atoms with E-state index < -0.39 is 0 Å². The second kappa shape index (κ2) is 8.21. The third-order valence-corrected chi connectivity index (χ3v) is 3.25. The number of hydrogen-bond acceptors (Lipinski definition) is 3. The molecule has 0 aliphatic heterocycles. The van der Waals surface area contributed by atoms with Gasteiger partial charge in [-0.2, -0.15) is 5.10 Å². The molecule has 21 heavy (non-hydrogen) atoms. The van der Waals surface area contributed by atoms with Gasteiger partial charge in [-0.25, -0.2) is 4.68 Å². The Kier molecular flexibility index (Phi) is 5.97. The Morgan fingerprint density at radius 3 is 2.81 bits per heavy atom. The van der Waals surface area contributed by atoms with Crippen LogP contribution in [0.25, 0.3) is 5.69 Å². The van der Waals surface area contributed by atoms with Gasteiger partial charge in [-0.05, 0) is 43.5 Å². The predicted octanol–water partition coefficient (Wildman–Crippen LogP) is 1.66. The van der Waals surface area contributed by atoms with E-state index in [2.05, 4.69) is 10.4 Å². The zero-order valence-corrected chi connectivity index (χ0v) is 12.2. The first kappa shape index (κ1) is 15.3. The molecule has 0 spiro atoms. The third kappa shape index (κ3) is 5.04. The number of carbonyl (C=O) groups excluding carboxylic acids is 1. The summed E-state index contributed by atoms with van der Waals surface area (Å²) in [6, 6.07) is 9.93. The molecular formula is C16H22N4O. The number of amides is 1. The minimum absolute atomic E-state index is 0.0829. The van der Waals surface area contributed by atoms with Gasteiger partial charge in [0.05, 0.1) is 11.9 Å². The Bertz CT molecular complexity index is 550. The van der Waals surface area contributed by atoms with Crippen LogP contribution in [0.1, 0.15) is 24.8 Å². The average Bonchev–Trinajstić information content (AvgIpc) is 2.99. The third-order valence-electron chi connectivity index (χ3n) is 3.25. The minimum atomic E-state index is 0.0829. The smallest absolute Gasteiger partial charge is 0.220 e. The molecule has 2 aromatic rings. The van der Waals surface area contributed by atoms with E-state index in [0.29, 0.717) is 25.9 Å². The van der Waals surface area contributed by atoms with Gasteiger partial charge in [0.2, 0.25) is 5.91 Å². The largest absolute Gasteiger partial charge is 0.356 e. The first-order valence-corrected chi connectivity index (χ1v) is 7.35. The first-order valence-electron chi connectivity index (χ1n) is 7.35. The second-order valence-electron chi connectivity index (χ2n) is 4.97. The number of para-hydroxylation sites is 1. The highest BCUT2D eigenvalue weighted by Gasteiger charge is 2.04. The van der Waals surface area contributed by atoms with Gasteiger partial charge < -0.3 is 11.1 Å². The standard InChI is InChI=1S/C16H22N4O/c17-10-4-5-11-18-16(21)9-8-14-12-19-20(13-14)15-6-2-1-3-7-15/h1-3,6-7,12-13H,4-5,8-11,17H2,(H,18,21). The maximum absolute atomic E-state index is 11.7. The lowest BCUT2D eigenvalue weighted by molar-refractivity contribution is -0.121. The lowest BCUT2D eigenvalue weighted by Crippen LogP contribution is -2.25. The Morgan fingerprint density at radius 2 is 2.05 bits per heavy atom. The molecule has 5 nitrogen and oxygen atoms in total. The summed E-state index contributed by atoms with van der Waals surface area (Å²) in [5, 5.41) is 7.23. The van der Waals surface area contributed by atoms with Crippen LogP contribution in [0.5, 0.6) is 0 Å². The summed E-state index contributed by atoms with van der Waals surface area (Å²) in [7, 11) is 0. The van der Waals surface area contributed by atoms with Crippen molar-refractivity contribution < 1.29 is 4.79 Å². The number of nitrogens with one attached hydrogen (secondary N) is 1. The summed E-state index contributed by atoms with van der Waals surface area (Å²) in [4.78, 5) is 11.7. The summed E-state index contributed by atoms with van der Waals surface area (Å²) >= 11 is 0. The second-order valence-corrected chi connectivity index (χ2v) is 4.97. The fourth-order valence-electron chi connectivity index (χ4n) is 2.05. The number of nitrogens with two attached hydrogens (primary N) is 1. The molecule has 112 valence electrons. The highest BCUT2D eigenvalue weighted by molar-refractivity contribution is 5.76. The minimum Gasteiger partial charge on any atom is -0.356 e. The number of benzene rings is 1. The molecule has 1 aromatic heterocycles. The summed E-state index contributed by atoms with van der Waals surface area (Å²) in [6.07, 6.45) is 6.86. The van der Waals surface area contributed by atoms with Crippen LogP contribution in [0.3, 0.4) is 0 Å². The Balaban J connectivity index is 1.77. The van der Waals surface area contributed by atoms with Gasteiger partial charge in [0, 0.05) is 19.2 Å². The van der Waals surface area contributed by atoms with E-state index in [1.165, 1.54) is 0 Å². The van der Waals surface area contributed by atoms with Crippen LogP contribution in [0.4, 0.5) is 0 Å². The molecule has 3 N–H and O–H groups in total. The van der Waals surface area contributed by atoms with Crippen molar-refractivity contribution in [2.45, 2.75) is 25.7 Å². The van der Waals surface area contributed by atoms with Gasteiger partial charge in [0.15, 0.2) is 0 Å². The van der Waals surface area contributed by atoms with Crippen LogP contribution in [-0.2, 0) is 11.2 Å². The van der Waals surface area contributed by atoms with Crippen molar-refractivity contribution in [3.63, 3.8) is 0 Å². The van der Waals surface area contributed by atoms with Crippen LogP contribution in [0.15, 0.2) is 42.7 Å². The quantitative estimate of drug-likeness (QED) is 0.725. The lowest BCUT2D eigenvalue weighted by Gasteiger charge is -2.03. The Hall–Kier alpha value is -2.14. The molecule has 0 saturated heterocycles. The van der Waals surface area contributed by atoms with E-state index in [4.69, 9.17) is 5.73 Å². The number of aryl methyl sites for hydroxylation is 1. The molecule has 0 fully saturated rings. The molecule has 5 heteroatoms. The van der Waals surface area contributed by atoms with Gasteiger partial charge in [0.1, 0.15) is 0 Å². The van der Waals surface area contributed by atoms with Crippen molar-refractivity contribution >= 4 is 5.91 Å². The number of unbranched alkanes of at least 4 members (excludes halogenated alkanes) is 1. The summed E-state index contributed by atoms with van der Waals surface area (Å²) in [6.45, 7) is 1.38. The van der Waals surface area contributed by atoms with E-state index in [0.717, 1.165) is 24.1 Å². The van der Waals surface area contributed by atoms with E-state index in [9.17, 15) is 4.79 Å². The highest BCUT2D eigenvalue weighted by atomic mass is 16.1. The number of rotatable bonds is 8. The topological polar surface area (TPSA) is 72.9 Å².